The molecule has 0 saturated carbocycles. The summed E-state index contributed by atoms with van der Waals surface area (Å²) in [5.41, 5.74) is 0.867. The lowest BCUT2D eigenvalue weighted by Crippen LogP contribution is -2.24. The van der Waals surface area contributed by atoms with Gasteiger partial charge in [0, 0.05) is 19.8 Å². The number of aromatic amines is 1. The van der Waals surface area contributed by atoms with Gasteiger partial charge in [-0.3, -0.25) is 0 Å². The normalized spacial score (nSPS) is 11.8. The van der Waals surface area contributed by atoms with Gasteiger partial charge < -0.3 is 9.72 Å². The molecule has 0 fully saturated rings. The highest BCUT2D eigenvalue weighted by atomic mass is 79.9. The number of fused-ring (bicyclic) bond motifs is 1. The van der Waals surface area contributed by atoms with Crippen LogP contribution in [0.2, 0.25) is 0 Å². The third-order valence-corrected chi connectivity index (χ3v) is 4.12. The van der Waals surface area contributed by atoms with Gasteiger partial charge in [0.25, 0.3) is 0 Å². The van der Waals surface area contributed by atoms with Crippen LogP contribution in [-0.4, -0.2) is 16.6 Å². The van der Waals surface area contributed by atoms with Crippen LogP contribution in [0.4, 0.5) is 0 Å². The van der Waals surface area contributed by atoms with Gasteiger partial charge in [-0.25, -0.2) is 4.79 Å². The highest BCUT2D eigenvalue weighted by Gasteiger charge is 2.19. The molecule has 0 radical (unpaired) electrons. The van der Waals surface area contributed by atoms with Crippen LogP contribution in [-0.2, 0) is 4.74 Å². The van der Waals surface area contributed by atoms with Crippen molar-refractivity contribution in [1.29, 1.82) is 0 Å². The van der Waals surface area contributed by atoms with Crippen molar-refractivity contribution >= 4 is 48.7 Å². The second kappa shape index (κ2) is 4.70. The van der Waals surface area contributed by atoms with Gasteiger partial charge in [-0.1, -0.05) is 0 Å². The maximum absolute atomic E-state index is 11.9. The third kappa shape index (κ3) is 2.95. The number of carbonyl (C=O) groups excluding carboxylic acids is 1. The van der Waals surface area contributed by atoms with E-state index < -0.39 is 5.60 Å². The summed E-state index contributed by atoms with van der Waals surface area (Å²) in [4.78, 5) is 15.0. The zero-order chi connectivity index (χ0) is 13.5. The van der Waals surface area contributed by atoms with Crippen molar-refractivity contribution in [2.45, 2.75) is 26.4 Å². The van der Waals surface area contributed by atoms with Crippen molar-refractivity contribution in [2.24, 2.45) is 0 Å². The molecule has 0 aliphatic carbocycles. The van der Waals surface area contributed by atoms with E-state index in [9.17, 15) is 4.79 Å². The maximum Gasteiger partial charge on any atom is 0.355 e. The van der Waals surface area contributed by atoms with Gasteiger partial charge in [-0.15, -0.1) is 0 Å². The Hall–Kier alpha value is -0.810. The van der Waals surface area contributed by atoms with Gasteiger partial charge >= 0.3 is 5.97 Å². The first-order valence-corrected chi connectivity index (χ1v) is 7.06. The molecule has 0 spiro atoms. The summed E-state index contributed by atoms with van der Waals surface area (Å²) in [6.07, 6.45) is 0. The number of esters is 1. The molecule has 2 aromatic rings. The molecule has 2 rings (SSSR count). The zero-order valence-electron chi connectivity index (χ0n) is 10.3. The average molecular weight is 375 g/mol. The molecular weight excluding hydrogens is 362 g/mol. The molecule has 3 nitrogen and oxygen atoms in total. The van der Waals surface area contributed by atoms with Crippen molar-refractivity contribution in [1.82, 2.24) is 4.98 Å². The van der Waals surface area contributed by atoms with E-state index in [1.54, 1.807) is 6.07 Å². The van der Waals surface area contributed by atoms with Crippen molar-refractivity contribution in [2.75, 3.05) is 0 Å². The Balaban J connectivity index is 2.39. The second-order valence-corrected chi connectivity index (χ2v) is 6.75. The van der Waals surface area contributed by atoms with Crippen LogP contribution in [0.5, 0.6) is 0 Å². The van der Waals surface area contributed by atoms with E-state index in [1.165, 1.54) is 0 Å². The predicted octanol–water partition coefficient (Wildman–Crippen LogP) is 4.65. The lowest BCUT2D eigenvalue weighted by molar-refractivity contribution is 0.00639. The van der Waals surface area contributed by atoms with E-state index in [0.29, 0.717) is 5.69 Å². The Morgan fingerprint density at radius 2 is 1.78 bits per heavy atom. The fourth-order valence-electron chi connectivity index (χ4n) is 1.57. The second-order valence-electron chi connectivity index (χ2n) is 5.04. The van der Waals surface area contributed by atoms with Crippen LogP contribution in [0.25, 0.3) is 10.9 Å². The van der Waals surface area contributed by atoms with E-state index in [2.05, 4.69) is 36.8 Å². The first-order valence-electron chi connectivity index (χ1n) is 5.47. The largest absolute Gasteiger partial charge is 0.455 e. The lowest BCUT2D eigenvalue weighted by Gasteiger charge is -2.18. The van der Waals surface area contributed by atoms with Crippen molar-refractivity contribution in [3.63, 3.8) is 0 Å². The minimum absolute atomic E-state index is 0.342. The van der Waals surface area contributed by atoms with Crippen LogP contribution in [0, 0.1) is 0 Å². The van der Waals surface area contributed by atoms with E-state index in [0.717, 1.165) is 19.8 Å². The number of hydrogen-bond donors (Lipinski definition) is 1. The molecule has 0 unspecified atom stereocenters. The summed E-state index contributed by atoms with van der Waals surface area (Å²) in [7, 11) is 0. The van der Waals surface area contributed by atoms with Gasteiger partial charge in [-0.05, 0) is 70.8 Å². The van der Waals surface area contributed by atoms with Crippen molar-refractivity contribution in [3.05, 3.63) is 32.8 Å². The molecule has 1 N–H and O–H groups in total. The van der Waals surface area contributed by atoms with Gasteiger partial charge in [0.15, 0.2) is 0 Å². The van der Waals surface area contributed by atoms with E-state index >= 15 is 0 Å². The summed E-state index contributed by atoms with van der Waals surface area (Å²) >= 11 is 6.86. The van der Waals surface area contributed by atoms with Gasteiger partial charge in [0.2, 0.25) is 0 Å². The Morgan fingerprint density at radius 3 is 2.39 bits per heavy atom. The topological polar surface area (TPSA) is 42.1 Å². The zero-order valence-corrected chi connectivity index (χ0v) is 13.5. The number of nitrogens with one attached hydrogen (secondary N) is 1. The molecule has 1 aromatic heterocycles. The number of aromatic nitrogens is 1. The van der Waals surface area contributed by atoms with Gasteiger partial charge in [0.1, 0.15) is 11.3 Å². The number of benzene rings is 1. The van der Waals surface area contributed by atoms with Crippen LogP contribution in [0.3, 0.4) is 0 Å². The molecule has 0 atom stereocenters. The molecule has 1 heterocycles. The minimum atomic E-state index is -0.491. The Morgan fingerprint density at radius 1 is 1.17 bits per heavy atom. The van der Waals surface area contributed by atoms with E-state index in [1.807, 2.05) is 32.9 Å². The fourth-order valence-corrected chi connectivity index (χ4v) is 2.27. The smallest absolute Gasteiger partial charge is 0.355 e. The highest BCUT2D eigenvalue weighted by molar-refractivity contribution is 9.13. The molecule has 0 aliphatic rings. The lowest BCUT2D eigenvalue weighted by atomic mass is 10.2. The molecule has 1 aromatic carbocycles. The van der Waals surface area contributed by atoms with Gasteiger partial charge in [0.05, 0.1) is 0 Å². The van der Waals surface area contributed by atoms with E-state index in [-0.39, 0.29) is 5.97 Å². The molecule has 0 aliphatic heterocycles. The number of carbonyl (C=O) groups is 1. The summed E-state index contributed by atoms with van der Waals surface area (Å²) < 4.78 is 7.21. The summed E-state index contributed by atoms with van der Waals surface area (Å²) in [6, 6.07) is 5.66. The van der Waals surface area contributed by atoms with Crippen LogP contribution in [0.15, 0.2) is 27.1 Å². The first-order chi connectivity index (χ1) is 8.26. The third-order valence-electron chi connectivity index (χ3n) is 2.28. The first kappa shape index (κ1) is 13.6. The molecule has 0 saturated heterocycles. The summed E-state index contributed by atoms with van der Waals surface area (Å²) in [5.74, 6) is -0.342. The maximum atomic E-state index is 11.9. The van der Waals surface area contributed by atoms with Crippen LogP contribution >= 0.6 is 31.9 Å². The van der Waals surface area contributed by atoms with Crippen molar-refractivity contribution in [3.8, 4) is 0 Å². The standard InChI is InChI=1S/C13H13Br2NO2/c1-13(2,3)18-12(17)11-5-7-4-8(14)9(15)6-10(7)16-11/h4-6,16H,1-3H3. The monoisotopic (exact) mass is 373 g/mol. The predicted molar refractivity (Wildman–Crippen MR) is 78.9 cm³/mol. The highest BCUT2D eigenvalue weighted by Crippen LogP contribution is 2.29. The molecule has 0 bridgehead atoms. The Bertz CT molecular complexity index is 572. The van der Waals surface area contributed by atoms with Crippen LogP contribution in [0.1, 0.15) is 31.3 Å². The Kier molecular flexibility index (Phi) is 3.56. The molecule has 18 heavy (non-hydrogen) atoms. The minimum Gasteiger partial charge on any atom is -0.455 e. The Labute approximate surface area is 122 Å². The summed E-state index contributed by atoms with van der Waals surface area (Å²) in [5, 5.41) is 0.964. The molecule has 96 valence electrons. The average Bonchev–Trinajstić information content (AvgIpc) is 2.59. The molecular formula is C13H13Br2NO2. The quantitative estimate of drug-likeness (QED) is 0.738. The van der Waals surface area contributed by atoms with Crippen molar-refractivity contribution < 1.29 is 9.53 Å². The SMILES string of the molecule is CC(C)(C)OC(=O)c1cc2cc(Br)c(Br)cc2[nH]1. The summed E-state index contributed by atoms with van der Waals surface area (Å²) in [6.45, 7) is 5.54. The molecule has 0 amide bonds. The number of halogens is 2. The van der Waals surface area contributed by atoms with Gasteiger partial charge in [-0.2, -0.15) is 0 Å². The fraction of sp³-hybridized carbons (Fsp3) is 0.308. The van der Waals surface area contributed by atoms with Crippen LogP contribution < -0.4 is 0 Å². The van der Waals surface area contributed by atoms with E-state index in [4.69, 9.17) is 4.74 Å². The number of ether oxygens (including phenoxy) is 1. The number of H-pyrrole nitrogens is 1. The number of rotatable bonds is 1. The number of hydrogen-bond acceptors (Lipinski definition) is 2. The molecule has 5 heteroatoms.